The fraction of sp³-hybridized carbons (Fsp3) is 1.00. The Morgan fingerprint density at radius 3 is 1.04 bits per heavy atom. The predicted molar refractivity (Wildman–Crippen MR) is 112 cm³/mol. The first-order chi connectivity index (χ1) is 12.5. The second-order valence-corrected chi connectivity index (χ2v) is 8.55. The Balaban J connectivity index is 2.09. The van der Waals surface area contributed by atoms with Crippen LogP contribution in [-0.2, 0) is 0 Å². The van der Waals surface area contributed by atoms with Gasteiger partial charge in [0.15, 0.2) is 0 Å². The summed E-state index contributed by atoms with van der Waals surface area (Å²) < 4.78 is 0. The average molecular weight is 369 g/mol. The van der Waals surface area contributed by atoms with Crippen LogP contribution in [0.1, 0.15) is 19.8 Å². The molecule has 2 aliphatic heterocycles. The summed E-state index contributed by atoms with van der Waals surface area (Å²) >= 11 is 0. The van der Waals surface area contributed by atoms with Crippen molar-refractivity contribution in [1.29, 1.82) is 0 Å². The molecule has 0 atom stereocenters. The van der Waals surface area contributed by atoms with Gasteiger partial charge in [0, 0.05) is 78.5 Å². The third kappa shape index (κ3) is 7.41. The molecule has 0 aromatic carbocycles. The molecule has 2 rings (SSSR count). The van der Waals surface area contributed by atoms with Gasteiger partial charge < -0.3 is 19.6 Å². The Kier molecular flexibility index (Phi) is 9.81. The van der Waals surface area contributed by atoms with Crippen LogP contribution in [0.4, 0.5) is 0 Å². The molecular weight excluding hydrogens is 324 g/mol. The average Bonchev–Trinajstić information content (AvgIpc) is 2.75. The SMILES string of the molecule is CCCC(N1CCN(C)CCN(C)CC1)N1CCN(C)CCN(C)CC1. The van der Waals surface area contributed by atoms with E-state index in [0.29, 0.717) is 6.17 Å². The number of nitrogens with zero attached hydrogens (tertiary/aromatic N) is 6. The fourth-order valence-electron chi connectivity index (χ4n) is 4.00. The van der Waals surface area contributed by atoms with Gasteiger partial charge in [0.2, 0.25) is 0 Å². The lowest BCUT2D eigenvalue weighted by Crippen LogP contribution is -2.53. The Morgan fingerprint density at radius 1 is 0.500 bits per heavy atom. The van der Waals surface area contributed by atoms with E-state index in [4.69, 9.17) is 0 Å². The molecule has 0 amide bonds. The van der Waals surface area contributed by atoms with E-state index in [1.807, 2.05) is 0 Å². The summed E-state index contributed by atoms with van der Waals surface area (Å²) in [5.41, 5.74) is 0. The van der Waals surface area contributed by atoms with Gasteiger partial charge in [0.05, 0.1) is 6.17 Å². The predicted octanol–water partition coefficient (Wildman–Crippen LogP) is 0.471. The van der Waals surface area contributed by atoms with Crippen molar-refractivity contribution >= 4 is 0 Å². The second kappa shape index (κ2) is 11.6. The minimum Gasteiger partial charge on any atom is -0.304 e. The topological polar surface area (TPSA) is 19.4 Å². The number of hydrogen-bond acceptors (Lipinski definition) is 6. The third-order valence-electron chi connectivity index (χ3n) is 6.19. The molecule has 0 aliphatic carbocycles. The Hall–Kier alpha value is -0.240. The van der Waals surface area contributed by atoms with Gasteiger partial charge in [-0.1, -0.05) is 13.3 Å². The van der Waals surface area contributed by atoms with E-state index >= 15 is 0 Å². The van der Waals surface area contributed by atoms with Gasteiger partial charge in [-0.2, -0.15) is 0 Å². The van der Waals surface area contributed by atoms with Gasteiger partial charge in [0.1, 0.15) is 0 Å². The van der Waals surface area contributed by atoms with Crippen LogP contribution in [0.5, 0.6) is 0 Å². The molecule has 2 fully saturated rings. The Morgan fingerprint density at radius 2 is 0.769 bits per heavy atom. The van der Waals surface area contributed by atoms with Crippen molar-refractivity contribution in [1.82, 2.24) is 29.4 Å². The molecule has 0 unspecified atom stereocenters. The fourth-order valence-corrected chi connectivity index (χ4v) is 4.00. The first-order valence-electron chi connectivity index (χ1n) is 10.7. The van der Waals surface area contributed by atoms with Crippen LogP contribution in [0, 0.1) is 0 Å². The second-order valence-electron chi connectivity index (χ2n) is 8.55. The third-order valence-corrected chi connectivity index (χ3v) is 6.19. The van der Waals surface area contributed by atoms with Crippen molar-refractivity contribution in [3.05, 3.63) is 0 Å². The van der Waals surface area contributed by atoms with Gasteiger partial charge in [-0.3, -0.25) is 9.80 Å². The molecule has 2 saturated heterocycles. The molecule has 0 N–H and O–H groups in total. The van der Waals surface area contributed by atoms with Crippen LogP contribution in [0.2, 0.25) is 0 Å². The van der Waals surface area contributed by atoms with E-state index in [2.05, 4.69) is 64.5 Å². The lowest BCUT2D eigenvalue weighted by atomic mass is 10.2. The lowest BCUT2D eigenvalue weighted by molar-refractivity contribution is 0.0245. The minimum absolute atomic E-state index is 0.583. The zero-order valence-corrected chi connectivity index (χ0v) is 18.2. The zero-order chi connectivity index (χ0) is 18.9. The van der Waals surface area contributed by atoms with E-state index in [9.17, 15) is 0 Å². The molecule has 0 aromatic heterocycles. The van der Waals surface area contributed by atoms with E-state index < -0.39 is 0 Å². The van der Waals surface area contributed by atoms with Crippen molar-refractivity contribution in [3.63, 3.8) is 0 Å². The molecule has 0 radical (unpaired) electrons. The molecule has 0 bridgehead atoms. The van der Waals surface area contributed by atoms with Gasteiger partial charge in [-0.05, 0) is 34.6 Å². The van der Waals surface area contributed by atoms with Crippen LogP contribution < -0.4 is 0 Å². The summed E-state index contributed by atoms with van der Waals surface area (Å²) in [5, 5.41) is 0. The number of hydrogen-bond donors (Lipinski definition) is 0. The normalized spacial score (nSPS) is 26.1. The van der Waals surface area contributed by atoms with E-state index in [-0.39, 0.29) is 0 Å². The summed E-state index contributed by atoms with van der Waals surface area (Å²) in [6, 6.07) is 0. The smallest absolute Gasteiger partial charge is 0.0624 e. The highest BCUT2D eigenvalue weighted by Gasteiger charge is 2.26. The Bertz CT molecular complexity index is 319. The lowest BCUT2D eigenvalue weighted by Gasteiger charge is -2.41. The molecule has 2 heterocycles. The standard InChI is InChI=1S/C20H44N6/c1-6-7-20(25-16-12-21(2)8-9-22(3)13-17-25)26-18-14-23(4)10-11-24(5)15-19-26/h20H,6-19H2,1-5H3. The van der Waals surface area contributed by atoms with Crippen molar-refractivity contribution in [2.75, 3.05) is 107 Å². The van der Waals surface area contributed by atoms with Gasteiger partial charge in [0.25, 0.3) is 0 Å². The van der Waals surface area contributed by atoms with Crippen LogP contribution in [0.3, 0.4) is 0 Å². The zero-order valence-electron chi connectivity index (χ0n) is 18.2. The maximum absolute atomic E-state index is 2.78. The van der Waals surface area contributed by atoms with Crippen molar-refractivity contribution in [3.8, 4) is 0 Å². The first-order valence-corrected chi connectivity index (χ1v) is 10.7. The molecule has 154 valence electrons. The molecule has 0 spiro atoms. The van der Waals surface area contributed by atoms with Crippen molar-refractivity contribution < 1.29 is 0 Å². The van der Waals surface area contributed by atoms with E-state index in [1.54, 1.807) is 0 Å². The highest BCUT2D eigenvalue weighted by molar-refractivity contribution is 4.79. The molecular formula is C20H44N6. The van der Waals surface area contributed by atoms with Crippen molar-refractivity contribution in [2.24, 2.45) is 0 Å². The first kappa shape index (κ1) is 22.1. The summed E-state index contributed by atoms with van der Waals surface area (Å²) in [5.74, 6) is 0. The largest absolute Gasteiger partial charge is 0.304 e. The highest BCUT2D eigenvalue weighted by Crippen LogP contribution is 2.15. The summed E-state index contributed by atoms with van der Waals surface area (Å²) in [6.07, 6.45) is 3.12. The quantitative estimate of drug-likeness (QED) is 0.713. The van der Waals surface area contributed by atoms with E-state index in [0.717, 1.165) is 0 Å². The molecule has 6 nitrogen and oxygen atoms in total. The Labute approximate surface area is 162 Å². The molecule has 26 heavy (non-hydrogen) atoms. The maximum Gasteiger partial charge on any atom is 0.0624 e. The molecule has 0 saturated carbocycles. The van der Waals surface area contributed by atoms with Crippen LogP contribution in [0.15, 0.2) is 0 Å². The van der Waals surface area contributed by atoms with Crippen LogP contribution >= 0.6 is 0 Å². The molecule has 0 aromatic rings. The molecule has 6 heteroatoms. The monoisotopic (exact) mass is 368 g/mol. The number of likely N-dealkylation sites (N-methyl/N-ethyl adjacent to an activating group) is 4. The van der Waals surface area contributed by atoms with Crippen molar-refractivity contribution in [2.45, 2.75) is 25.9 Å². The highest BCUT2D eigenvalue weighted by atomic mass is 15.4. The van der Waals surface area contributed by atoms with Crippen LogP contribution in [-0.4, -0.2) is 142 Å². The van der Waals surface area contributed by atoms with Gasteiger partial charge in [-0.15, -0.1) is 0 Å². The van der Waals surface area contributed by atoms with E-state index in [1.165, 1.54) is 91.4 Å². The number of rotatable bonds is 4. The summed E-state index contributed by atoms with van der Waals surface area (Å²) in [4.78, 5) is 15.5. The summed E-state index contributed by atoms with van der Waals surface area (Å²) in [7, 11) is 9.10. The summed E-state index contributed by atoms with van der Waals surface area (Å²) in [6.45, 7) is 16.6. The van der Waals surface area contributed by atoms with Gasteiger partial charge >= 0.3 is 0 Å². The van der Waals surface area contributed by atoms with Crippen LogP contribution in [0.25, 0.3) is 0 Å². The maximum atomic E-state index is 2.78. The minimum atomic E-state index is 0.583. The molecule has 2 aliphatic rings. The van der Waals surface area contributed by atoms with Gasteiger partial charge in [-0.25, -0.2) is 0 Å².